The van der Waals surface area contributed by atoms with Gasteiger partial charge in [0.25, 0.3) is 0 Å². The molecule has 2 heteroatoms. The maximum atomic E-state index is 3.75. The van der Waals surface area contributed by atoms with E-state index >= 15 is 0 Å². The lowest BCUT2D eigenvalue weighted by atomic mass is 10.0. The molecule has 0 saturated heterocycles. The Hall–Kier alpha value is -0.340. The fourth-order valence-corrected chi connectivity index (χ4v) is 3.68. The lowest BCUT2D eigenvalue weighted by Gasteiger charge is -2.15. The summed E-state index contributed by atoms with van der Waals surface area (Å²) in [5, 5.41) is 3.75. The predicted octanol–water partition coefficient (Wildman–Crippen LogP) is 4.42. The van der Waals surface area contributed by atoms with E-state index < -0.39 is 0 Å². The second-order valence-electron chi connectivity index (χ2n) is 5.64. The first kappa shape index (κ1) is 13.1. The smallest absolute Gasteiger partial charge is 0.0302 e. The number of hydrogen-bond acceptors (Lipinski definition) is 2. The van der Waals surface area contributed by atoms with Crippen LogP contribution in [0.2, 0.25) is 0 Å². The second kappa shape index (κ2) is 6.01. The molecule has 0 amide bonds. The highest BCUT2D eigenvalue weighted by Gasteiger charge is 2.15. The van der Waals surface area contributed by atoms with E-state index in [1.54, 1.807) is 0 Å². The molecule has 17 heavy (non-hydrogen) atoms. The van der Waals surface area contributed by atoms with Gasteiger partial charge in [-0.25, -0.2) is 0 Å². The van der Waals surface area contributed by atoms with Gasteiger partial charge in [-0.3, -0.25) is 0 Å². The minimum absolute atomic E-state index is 0.752. The first-order valence-corrected chi connectivity index (χ1v) is 7.76. The van der Waals surface area contributed by atoms with Crippen molar-refractivity contribution in [1.29, 1.82) is 0 Å². The largest absolute Gasteiger partial charge is 0.309 e. The van der Waals surface area contributed by atoms with E-state index in [9.17, 15) is 0 Å². The molecule has 0 aromatic carbocycles. The zero-order valence-corrected chi connectivity index (χ0v) is 12.2. The van der Waals surface area contributed by atoms with Gasteiger partial charge in [0.05, 0.1) is 0 Å². The predicted molar refractivity (Wildman–Crippen MR) is 76.7 cm³/mol. The van der Waals surface area contributed by atoms with Gasteiger partial charge in [0.1, 0.15) is 0 Å². The Morgan fingerprint density at radius 2 is 2.06 bits per heavy atom. The van der Waals surface area contributed by atoms with Gasteiger partial charge in [-0.05, 0) is 50.7 Å². The molecule has 1 N–H and O–H groups in total. The Balaban J connectivity index is 1.81. The molecule has 1 heterocycles. The first-order valence-electron chi connectivity index (χ1n) is 6.94. The van der Waals surface area contributed by atoms with Crippen molar-refractivity contribution >= 4 is 11.3 Å². The lowest BCUT2D eigenvalue weighted by Crippen LogP contribution is -2.27. The molecule has 0 spiro atoms. The fourth-order valence-electron chi connectivity index (χ4n) is 2.67. The normalized spacial score (nSPS) is 25.8. The standard InChI is InChI=1S/C15H25NS/c1-11-5-4-6-14(8-7-11)16-10-15-9-12(2)13(3)17-15/h9,11,14,16H,4-8,10H2,1-3H3. The SMILES string of the molecule is Cc1cc(CNC2CCCC(C)CC2)sc1C. The number of rotatable bonds is 3. The summed E-state index contributed by atoms with van der Waals surface area (Å²) in [6, 6.07) is 3.09. The van der Waals surface area contributed by atoms with Gasteiger partial charge in [-0.2, -0.15) is 0 Å². The summed E-state index contributed by atoms with van der Waals surface area (Å²) in [4.78, 5) is 2.97. The van der Waals surface area contributed by atoms with Gasteiger partial charge >= 0.3 is 0 Å². The van der Waals surface area contributed by atoms with Crippen LogP contribution < -0.4 is 5.32 Å². The zero-order valence-electron chi connectivity index (χ0n) is 11.4. The summed E-state index contributed by atoms with van der Waals surface area (Å²) in [5.41, 5.74) is 1.45. The van der Waals surface area contributed by atoms with Gasteiger partial charge in [0.15, 0.2) is 0 Å². The fraction of sp³-hybridized carbons (Fsp3) is 0.733. The van der Waals surface area contributed by atoms with Crippen LogP contribution in [0.3, 0.4) is 0 Å². The summed E-state index contributed by atoms with van der Waals surface area (Å²) >= 11 is 1.95. The maximum absolute atomic E-state index is 3.75. The number of aryl methyl sites for hydroxylation is 2. The van der Waals surface area contributed by atoms with Crippen LogP contribution in [0.15, 0.2) is 6.07 Å². The molecule has 0 bridgehead atoms. The van der Waals surface area contributed by atoms with Crippen LogP contribution in [0.4, 0.5) is 0 Å². The third-order valence-electron chi connectivity index (χ3n) is 4.04. The maximum Gasteiger partial charge on any atom is 0.0302 e. The van der Waals surface area contributed by atoms with Gasteiger partial charge in [-0.15, -0.1) is 11.3 Å². The summed E-state index contributed by atoms with van der Waals surface area (Å²) in [5.74, 6) is 0.938. The Labute approximate surface area is 110 Å². The van der Waals surface area contributed by atoms with Gasteiger partial charge in [0.2, 0.25) is 0 Å². The first-order chi connectivity index (χ1) is 8.15. The number of nitrogens with one attached hydrogen (secondary N) is 1. The van der Waals surface area contributed by atoms with Crippen molar-refractivity contribution in [2.45, 2.75) is 65.5 Å². The Morgan fingerprint density at radius 3 is 2.76 bits per heavy atom. The molecule has 0 aliphatic heterocycles. The topological polar surface area (TPSA) is 12.0 Å². The van der Waals surface area contributed by atoms with E-state index in [0.717, 1.165) is 18.5 Å². The molecule has 1 nitrogen and oxygen atoms in total. The van der Waals surface area contributed by atoms with E-state index in [1.807, 2.05) is 11.3 Å². The summed E-state index contributed by atoms with van der Waals surface area (Å²) in [6.07, 6.45) is 6.97. The van der Waals surface area contributed by atoms with Crippen molar-refractivity contribution in [2.24, 2.45) is 5.92 Å². The van der Waals surface area contributed by atoms with Crippen LogP contribution in [0.25, 0.3) is 0 Å². The minimum Gasteiger partial charge on any atom is -0.309 e. The highest BCUT2D eigenvalue weighted by molar-refractivity contribution is 7.12. The van der Waals surface area contributed by atoms with Crippen molar-refractivity contribution in [3.8, 4) is 0 Å². The van der Waals surface area contributed by atoms with Crippen molar-refractivity contribution in [2.75, 3.05) is 0 Å². The molecule has 1 aliphatic carbocycles. The molecule has 1 saturated carbocycles. The second-order valence-corrected chi connectivity index (χ2v) is 6.98. The number of hydrogen-bond donors (Lipinski definition) is 1. The Morgan fingerprint density at radius 1 is 1.24 bits per heavy atom. The monoisotopic (exact) mass is 251 g/mol. The van der Waals surface area contributed by atoms with Crippen molar-refractivity contribution in [3.05, 3.63) is 21.4 Å². The third kappa shape index (κ3) is 3.82. The van der Waals surface area contributed by atoms with Crippen LogP contribution in [-0.4, -0.2) is 6.04 Å². The van der Waals surface area contributed by atoms with E-state index in [0.29, 0.717) is 0 Å². The molecule has 2 rings (SSSR count). The quantitative estimate of drug-likeness (QED) is 0.784. The Bertz CT molecular complexity index is 336. The van der Waals surface area contributed by atoms with Crippen LogP contribution in [-0.2, 0) is 6.54 Å². The van der Waals surface area contributed by atoms with Crippen LogP contribution in [0.5, 0.6) is 0 Å². The molecule has 2 unspecified atom stereocenters. The van der Waals surface area contributed by atoms with Crippen LogP contribution in [0, 0.1) is 19.8 Å². The Kier molecular flexibility index (Phi) is 4.63. The molecule has 1 fully saturated rings. The highest BCUT2D eigenvalue weighted by atomic mass is 32.1. The van der Waals surface area contributed by atoms with Gasteiger partial charge in [0, 0.05) is 22.3 Å². The molecule has 1 aromatic rings. The minimum atomic E-state index is 0.752. The van der Waals surface area contributed by atoms with E-state index in [4.69, 9.17) is 0 Å². The van der Waals surface area contributed by atoms with Crippen molar-refractivity contribution < 1.29 is 0 Å². The van der Waals surface area contributed by atoms with Gasteiger partial charge in [-0.1, -0.05) is 19.8 Å². The molecule has 2 atom stereocenters. The third-order valence-corrected chi connectivity index (χ3v) is 5.19. The van der Waals surface area contributed by atoms with E-state index in [2.05, 4.69) is 32.2 Å². The average Bonchev–Trinajstić information content (AvgIpc) is 2.50. The summed E-state index contributed by atoms with van der Waals surface area (Å²) < 4.78 is 0. The van der Waals surface area contributed by atoms with Crippen molar-refractivity contribution in [3.63, 3.8) is 0 Å². The van der Waals surface area contributed by atoms with Gasteiger partial charge < -0.3 is 5.32 Å². The average molecular weight is 251 g/mol. The van der Waals surface area contributed by atoms with Crippen LogP contribution >= 0.6 is 11.3 Å². The molecule has 1 aromatic heterocycles. The lowest BCUT2D eigenvalue weighted by molar-refractivity contribution is 0.449. The van der Waals surface area contributed by atoms with Crippen molar-refractivity contribution in [1.82, 2.24) is 5.32 Å². The van der Waals surface area contributed by atoms with E-state index in [-0.39, 0.29) is 0 Å². The highest BCUT2D eigenvalue weighted by Crippen LogP contribution is 2.24. The molecule has 96 valence electrons. The zero-order chi connectivity index (χ0) is 12.3. The molecular weight excluding hydrogens is 226 g/mol. The van der Waals surface area contributed by atoms with Crippen LogP contribution in [0.1, 0.15) is 54.3 Å². The number of thiophene rings is 1. The molecule has 1 aliphatic rings. The summed E-state index contributed by atoms with van der Waals surface area (Å²) in [6.45, 7) is 7.90. The van der Waals surface area contributed by atoms with E-state index in [1.165, 1.54) is 47.4 Å². The molecular formula is C15H25NS. The summed E-state index contributed by atoms with van der Waals surface area (Å²) in [7, 11) is 0. The molecule has 0 radical (unpaired) electrons.